The van der Waals surface area contributed by atoms with Crippen molar-refractivity contribution in [2.24, 2.45) is 18.6 Å². The van der Waals surface area contributed by atoms with Crippen molar-refractivity contribution in [3.05, 3.63) is 76.2 Å². The van der Waals surface area contributed by atoms with E-state index in [0.29, 0.717) is 28.4 Å². The molecule has 2 heterocycles. The summed E-state index contributed by atoms with van der Waals surface area (Å²) in [5, 5.41) is 8.82. The molecule has 0 saturated carbocycles. The number of nitrogens with zero attached hydrogens (tertiary/aromatic N) is 4. The molecule has 1 aliphatic rings. The lowest BCUT2D eigenvalue weighted by atomic mass is 9.85. The number of carbonyl (C=O) groups is 1. The number of anilines is 2. The van der Waals surface area contributed by atoms with E-state index in [1.165, 1.54) is 17.9 Å². The maximum atomic E-state index is 13.6. The van der Waals surface area contributed by atoms with Gasteiger partial charge in [-0.2, -0.15) is 5.10 Å². The van der Waals surface area contributed by atoms with Crippen LogP contribution >= 0.6 is 0 Å². The first kappa shape index (κ1) is 29.2. The Morgan fingerprint density at radius 3 is 2.48 bits per heavy atom. The molecule has 1 aliphatic heterocycles. The van der Waals surface area contributed by atoms with E-state index in [-0.39, 0.29) is 11.3 Å². The van der Waals surface area contributed by atoms with Gasteiger partial charge in [-0.15, -0.1) is 0 Å². The molecule has 1 fully saturated rings. The number of likely N-dealkylation sites (tertiary alicyclic amines) is 1. The van der Waals surface area contributed by atoms with Crippen molar-refractivity contribution >= 4 is 23.0 Å². The van der Waals surface area contributed by atoms with Gasteiger partial charge in [0.05, 0.1) is 30.4 Å². The minimum Gasteiger partial charge on any atom is -0.494 e. The third-order valence-electron chi connectivity index (χ3n) is 7.65. The number of benzene rings is 2. The Morgan fingerprint density at radius 2 is 1.88 bits per heavy atom. The number of ether oxygens (including phenoxy) is 1. The second-order valence-electron chi connectivity index (χ2n) is 11.7. The molecule has 3 aromatic rings. The number of hydrogen-bond acceptors (Lipinski definition) is 7. The summed E-state index contributed by atoms with van der Waals surface area (Å²) in [6.45, 7) is 13.3. The molecule has 214 valence electrons. The number of nitrogens with one attached hydrogen (secondary N) is 1. The van der Waals surface area contributed by atoms with Crippen molar-refractivity contribution in [3.63, 3.8) is 0 Å². The van der Waals surface area contributed by atoms with Crippen LogP contribution in [0.3, 0.4) is 0 Å². The first-order valence-electron chi connectivity index (χ1n) is 13.7. The van der Waals surface area contributed by atoms with Crippen LogP contribution in [-0.2, 0) is 19.0 Å². The number of aromatic nitrogens is 2. The molecule has 1 amide bonds. The lowest BCUT2D eigenvalue weighted by Crippen LogP contribution is -2.27. The molecule has 0 aliphatic carbocycles. The van der Waals surface area contributed by atoms with Gasteiger partial charge in [0.1, 0.15) is 5.75 Å². The molecule has 0 unspecified atom stereocenters. The van der Waals surface area contributed by atoms with E-state index in [2.05, 4.69) is 42.2 Å². The maximum absolute atomic E-state index is 13.6. The monoisotopic (exact) mass is 545 g/mol. The number of rotatable bonds is 8. The van der Waals surface area contributed by atoms with E-state index in [4.69, 9.17) is 16.3 Å². The average molecular weight is 546 g/mol. The van der Waals surface area contributed by atoms with Gasteiger partial charge in [-0.3, -0.25) is 19.4 Å². The number of amides is 1. The number of hydrazine groups is 1. The molecule has 0 radical (unpaired) electrons. The van der Waals surface area contributed by atoms with Gasteiger partial charge < -0.3 is 15.8 Å². The quantitative estimate of drug-likeness (QED) is 0.274. The number of hydrogen-bond donors (Lipinski definition) is 3. The highest BCUT2D eigenvalue weighted by molar-refractivity contribution is 6.06. The molecule has 40 heavy (non-hydrogen) atoms. The first-order chi connectivity index (χ1) is 18.9. The van der Waals surface area contributed by atoms with Crippen molar-refractivity contribution in [2.45, 2.75) is 59.4 Å². The Kier molecular flexibility index (Phi) is 8.56. The number of methoxy groups -OCH3 is 1. The van der Waals surface area contributed by atoms with E-state index < -0.39 is 0 Å². The summed E-state index contributed by atoms with van der Waals surface area (Å²) in [5.41, 5.74) is 13.4. The summed E-state index contributed by atoms with van der Waals surface area (Å²) in [6.07, 6.45) is 5.78. The van der Waals surface area contributed by atoms with Gasteiger partial charge in [0.25, 0.3) is 5.91 Å². The number of carbonyl (C=O) groups excluding carboxylic acids is 1. The predicted molar refractivity (Wildman–Crippen MR) is 162 cm³/mol. The summed E-state index contributed by atoms with van der Waals surface area (Å²) in [5.74, 6) is 6.87. The number of aryl methyl sites for hydroxylation is 2. The van der Waals surface area contributed by atoms with Crippen molar-refractivity contribution < 1.29 is 9.53 Å². The standard InChI is InChI=1S/C31H43N7O2/c1-20-10-11-22(15-28(20)38(33)19-26(32)25-17-34-36(6)21(25)2)30(39)35-27-16-24(31(3,4)5)14-23(29(27)40-7)18-37-12-8-9-13-37/h10-11,14-17,19H,8-9,12-13,18,32-33H2,1-7H3,(H,35,39)/b26-19-. The highest BCUT2D eigenvalue weighted by Gasteiger charge is 2.23. The van der Waals surface area contributed by atoms with Gasteiger partial charge in [-0.05, 0) is 74.5 Å². The Bertz CT molecular complexity index is 1410. The van der Waals surface area contributed by atoms with Crippen LogP contribution in [0.15, 0.2) is 42.7 Å². The van der Waals surface area contributed by atoms with E-state index in [0.717, 1.165) is 47.6 Å². The molecule has 9 nitrogen and oxygen atoms in total. The summed E-state index contributed by atoms with van der Waals surface area (Å²) in [6, 6.07) is 9.68. The highest BCUT2D eigenvalue weighted by Crippen LogP contribution is 2.37. The van der Waals surface area contributed by atoms with Crippen molar-refractivity contribution in [1.82, 2.24) is 14.7 Å². The lowest BCUT2D eigenvalue weighted by molar-refractivity contribution is 0.102. The summed E-state index contributed by atoms with van der Waals surface area (Å²) in [4.78, 5) is 16.0. The largest absolute Gasteiger partial charge is 0.494 e. The molecule has 2 aromatic carbocycles. The maximum Gasteiger partial charge on any atom is 0.255 e. The van der Waals surface area contributed by atoms with Gasteiger partial charge in [0.2, 0.25) is 0 Å². The van der Waals surface area contributed by atoms with Crippen molar-refractivity contribution in [3.8, 4) is 5.75 Å². The van der Waals surface area contributed by atoms with Crippen LogP contribution in [0.5, 0.6) is 5.75 Å². The smallest absolute Gasteiger partial charge is 0.255 e. The lowest BCUT2D eigenvalue weighted by Gasteiger charge is -2.25. The van der Waals surface area contributed by atoms with Crippen LogP contribution < -0.4 is 26.6 Å². The minimum absolute atomic E-state index is 0.0958. The predicted octanol–water partition coefficient (Wildman–Crippen LogP) is 4.83. The summed E-state index contributed by atoms with van der Waals surface area (Å²) in [7, 11) is 3.52. The van der Waals surface area contributed by atoms with Gasteiger partial charge >= 0.3 is 0 Å². The van der Waals surface area contributed by atoms with Crippen molar-refractivity contribution in [1.29, 1.82) is 0 Å². The first-order valence-corrected chi connectivity index (χ1v) is 13.7. The summed E-state index contributed by atoms with van der Waals surface area (Å²) < 4.78 is 7.63. The molecule has 0 atom stereocenters. The Labute approximate surface area is 237 Å². The molecule has 4 rings (SSSR count). The fourth-order valence-electron chi connectivity index (χ4n) is 5.05. The zero-order chi connectivity index (χ0) is 29.2. The molecule has 5 N–H and O–H groups in total. The molecule has 1 saturated heterocycles. The SMILES string of the molecule is COc1c(CN2CCCC2)cc(C(C)(C)C)cc1NC(=O)c1ccc(C)c(N(N)/C=C(\N)c2cnn(C)c2C)c1. The minimum atomic E-state index is -0.244. The summed E-state index contributed by atoms with van der Waals surface area (Å²) >= 11 is 0. The number of nitrogens with two attached hydrogens (primary N) is 2. The Balaban J connectivity index is 1.64. The van der Waals surface area contributed by atoms with Gasteiger partial charge in [0.15, 0.2) is 0 Å². The van der Waals surface area contributed by atoms with E-state index in [9.17, 15) is 4.79 Å². The van der Waals surface area contributed by atoms with Gasteiger partial charge in [0, 0.05) is 42.2 Å². The molecular formula is C31H43N7O2. The second kappa shape index (κ2) is 11.7. The third kappa shape index (κ3) is 6.32. The second-order valence-corrected chi connectivity index (χ2v) is 11.7. The van der Waals surface area contributed by atoms with Crippen LogP contribution in [-0.4, -0.2) is 40.8 Å². The highest BCUT2D eigenvalue weighted by atomic mass is 16.5. The molecule has 0 spiro atoms. The molecule has 1 aromatic heterocycles. The fraction of sp³-hybridized carbons (Fsp3) is 0.419. The van der Waals surface area contributed by atoms with Crippen LogP contribution in [0.2, 0.25) is 0 Å². The van der Waals surface area contributed by atoms with Crippen LogP contribution in [0.1, 0.15) is 71.9 Å². The topological polar surface area (TPSA) is 115 Å². The van der Waals surface area contributed by atoms with Crippen molar-refractivity contribution in [2.75, 3.05) is 30.5 Å². The molecule has 0 bridgehead atoms. The van der Waals surface area contributed by atoms with Crippen LogP contribution in [0.4, 0.5) is 11.4 Å². The van der Waals surface area contributed by atoms with E-state index >= 15 is 0 Å². The molecular weight excluding hydrogens is 502 g/mol. The van der Waals surface area contributed by atoms with Gasteiger partial charge in [-0.25, -0.2) is 5.84 Å². The Morgan fingerprint density at radius 1 is 1.18 bits per heavy atom. The third-order valence-corrected chi connectivity index (χ3v) is 7.65. The zero-order valence-corrected chi connectivity index (χ0v) is 24.8. The van der Waals surface area contributed by atoms with Crippen LogP contribution in [0.25, 0.3) is 5.70 Å². The van der Waals surface area contributed by atoms with E-state index in [1.54, 1.807) is 36.3 Å². The van der Waals surface area contributed by atoms with Gasteiger partial charge in [-0.1, -0.05) is 32.9 Å². The Hall–Kier alpha value is -3.82. The van der Waals surface area contributed by atoms with Crippen LogP contribution in [0, 0.1) is 13.8 Å². The normalized spacial score (nSPS) is 14.4. The fourth-order valence-corrected chi connectivity index (χ4v) is 5.05. The van der Waals surface area contributed by atoms with E-state index in [1.807, 2.05) is 33.0 Å². The average Bonchev–Trinajstić information content (AvgIpc) is 3.53. The zero-order valence-electron chi connectivity index (χ0n) is 24.8. The molecule has 9 heteroatoms.